The van der Waals surface area contributed by atoms with E-state index in [4.69, 9.17) is 0 Å². The van der Waals surface area contributed by atoms with E-state index in [1.165, 1.54) is 11.3 Å². The average Bonchev–Trinajstić information content (AvgIpc) is 3.11. The topological polar surface area (TPSA) is 47.9 Å². The van der Waals surface area contributed by atoms with Crippen LogP contribution in [0, 0.1) is 0 Å². The first-order valence-corrected chi connectivity index (χ1v) is 9.10. The molecule has 0 bridgehead atoms. The molecule has 0 spiro atoms. The lowest BCUT2D eigenvalue weighted by Crippen LogP contribution is -2.46. The highest BCUT2D eigenvalue weighted by atomic mass is 16.2. The van der Waals surface area contributed by atoms with Crippen LogP contribution >= 0.6 is 0 Å². The molecule has 5 heteroatoms. The van der Waals surface area contributed by atoms with E-state index >= 15 is 0 Å². The summed E-state index contributed by atoms with van der Waals surface area (Å²) in [7, 11) is 1.76. The number of hydrogen-bond donors (Lipinski definition) is 1. The fourth-order valence-electron chi connectivity index (χ4n) is 3.30. The van der Waals surface area contributed by atoms with Crippen LogP contribution < -0.4 is 10.2 Å². The second kappa shape index (κ2) is 8.52. The van der Waals surface area contributed by atoms with Crippen molar-refractivity contribution in [1.29, 1.82) is 0 Å². The van der Waals surface area contributed by atoms with Crippen molar-refractivity contribution in [1.82, 2.24) is 10.2 Å². The molecule has 1 heterocycles. The number of rotatable bonds is 5. The van der Waals surface area contributed by atoms with E-state index in [2.05, 4.69) is 33.4 Å². The number of carbonyl (C=O) groups is 1. The molecule has 0 saturated carbocycles. The number of hydrogen-bond acceptors (Lipinski definition) is 2. The molecule has 0 unspecified atom stereocenters. The van der Waals surface area contributed by atoms with Gasteiger partial charge in [0.15, 0.2) is 5.96 Å². The Balaban J connectivity index is 1.60. The zero-order chi connectivity index (χ0) is 18.4. The lowest BCUT2D eigenvalue weighted by Gasteiger charge is -2.25. The van der Waals surface area contributed by atoms with Crippen molar-refractivity contribution in [2.45, 2.75) is 19.9 Å². The molecule has 0 aliphatic carbocycles. The van der Waals surface area contributed by atoms with Crippen LogP contribution in [0.25, 0.3) is 0 Å². The minimum Gasteiger partial charge on any atom is -0.347 e. The summed E-state index contributed by atoms with van der Waals surface area (Å²) >= 11 is 0. The van der Waals surface area contributed by atoms with Crippen molar-refractivity contribution in [2.75, 3.05) is 31.6 Å². The first-order chi connectivity index (χ1) is 12.7. The molecule has 2 aromatic carbocycles. The van der Waals surface area contributed by atoms with Gasteiger partial charge in [-0.15, -0.1) is 0 Å². The molecule has 3 rings (SSSR count). The monoisotopic (exact) mass is 350 g/mol. The molecular formula is C21H26N4O. The van der Waals surface area contributed by atoms with Gasteiger partial charge in [0.2, 0.25) is 5.91 Å². The number of nitrogens with zero attached hydrogens (tertiary/aromatic N) is 3. The summed E-state index contributed by atoms with van der Waals surface area (Å²) in [6.45, 7) is 4.44. The highest BCUT2D eigenvalue weighted by molar-refractivity contribution is 5.99. The zero-order valence-electron chi connectivity index (χ0n) is 15.5. The number of benzene rings is 2. The molecular weight excluding hydrogens is 324 g/mol. The summed E-state index contributed by atoms with van der Waals surface area (Å²) in [5, 5.41) is 3.24. The lowest BCUT2D eigenvalue weighted by molar-refractivity contribution is -0.130. The SMILES string of the molecule is CCN(Cc1ccccc1)C(=O)CNC(=NC)N1CCc2ccccc21. The molecule has 0 fully saturated rings. The summed E-state index contributed by atoms with van der Waals surface area (Å²) in [5.41, 5.74) is 3.63. The maximum atomic E-state index is 12.6. The number of carbonyl (C=O) groups excluding carboxylic acids is 1. The Morgan fingerprint density at radius 2 is 1.88 bits per heavy atom. The molecule has 0 aromatic heterocycles. The molecule has 1 amide bonds. The van der Waals surface area contributed by atoms with Crippen LogP contribution in [0.2, 0.25) is 0 Å². The van der Waals surface area contributed by atoms with Crippen molar-refractivity contribution in [3.05, 3.63) is 65.7 Å². The van der Waals surface area contributed by atoms with Crippen LogP contribution in [0.15, 0.2) is 59.6 Å². The van der Waals surface area contributed by atoms with E-state index in [0.29, 0.717) is 13.1 Å². The molecule has 1 aliphatic rings. The highest BCUT2D eigenvalue weighted by Gasteiger charge is 2.23. The largest absolute Gasteiger partial charge is 0.347 e. The van der Waals surface area contributed by atoms with Crippen LogP contribution in [-0.4, -0.2) is 43.4 Å². The maximum Gasteiger partial charge on any atom is 0.242 e. The predicted molar refractivity (Wildman–Crippen MR) is 106 cm³/mol. The molecule has 26 heavy (non-hydrogen) atoms. The molecule has 1 aliphatic heterocycles. The van der Waals surface area contributed by atoms with Gasteiger partial charge in [-0.1, -0.05) is 48.5 Å². The van der Waals surface area contributed by atoms with Crippen molar-refractivity contribution in [2.24, 2.45) is 4.99 Å². The molecule has 136 valence electrons. The van der Waals surface area contributed by atoms with Gasteiger partial charge in [-0.25, -0.2) is 0 Å². The van der Waals surface area contributed by atoms with Crippen LogP contribution in [0.1, 0.15) is 18.1 Å². The molecule has 2 aromatic rings. The van der Waals surface area contributed by atoms with Gasteiger partial charge in [-0.05, 0) is 30.5 Å². The number of para-hydroxylation sites is 1. The van der Waals surface area contributed by atoms with E-state index in [1.54, 1.807) is 7.05 Å². The van der Waals surface area contributed by atoms with Crippen molar-refractivity contribution in [3.63, 3.8) is 0 Å². The van der Waals surface area contributed by atoms with Gasteiger partial charge in [-0.3, -0.25) is 9.79 Å². The number of amides is 1. The Kier molecular flexibility index (Phi) is 5.89. The van der Waals surface area contributed by atoms with Gasteiger partial charge < -0.3 is 15.1 Å². The Hall–Kier alpha value is -2.82. The van der Waals surface area contributed by atoms with Gasteiger partial charge in [0.1, 0.15) is 0 Å². The standard InChI is InChI=1S/C21H26N4O/c1-3-24(16-17-9-5-4-6-10-17)20(26)15-23-21(22-2)25-14-13-18-11-7-8-12-19(18)25/h4-12H,3,13-16H2,1-2H3,(H,22,23). The summed E-state index contributed by atoms with van der Waals surface area (Å²) in [5.74, 6) is 0.823. The quantitative estimate of drug-likeness (QED) is 0.666. The lowest BCUT2D eigenvalue weighted by atomic mass is 10.2. The van der Waals surface area contributed by atoms with Gasteiger partial charge in [-0.2, -0.15) is 0 Å². The molecule has 5 nitrogen and oxygen atoms in total. The van der Waals surface area contributed by atoms with Crippen LogP contribution in [-0.2, 0) is 17.8 Å². The number of fused-ring (bicyclic) bond motifs is 1. The third-order valence-corrected chi connectivity index (χ3v) is 4.70. The van der Waals surface area contributed by atoms with Gasteiger partial charge in [0, 0.05) is 32.4 Å². The average molecular weight is 350 g/mol. The highest BCUT2D eigenvalue weighted by Crippen LogP contribution is 2.27. The number of aliphatic imine (C=N–C) groups is 1. The summed E-state index contributed by atoms with van der Waals surface area (Å²) in [6, 6.07) is 18.4. The Morgan fingerprint density at radius 3 is 2.62 bits per heavy atom. The second-order valence-corrected chi connectivity index (χ2v) is 6.32. The number of likely N-dealkylation sites (N-methyl/N-ethyl adjacent to an activating group) is 1. The van der Waals surface area contributed by atoms with Crippen LogP contribution in [0.3, 0.4) is 0 Å². The van der Waals surface area contributed by atoms with E-state index in [1.807, 2.05) is 48.2 Å². The van der Waals surface area contributed by atoms with E-state index < -0.39 is 0 Å². The first-order valence-electron chi connectivity index (χ1n) is 9.10. The van der Waals surface area contributed by atoms with Gasteiger partial charge >= 0.3 is 0 Å². The van der Waals surface area contributed by atoms with Gasteiger partial charge in [0.25, 0.3) is 0 Å². The normalized spacial score (nSPS) is 13.5. The van der Waals surface area contributed by atoms with E-state index in [0.717, 1.165) is 24.5 Å². The Morgan fingerprint density at radius 1 is 1.15 bits per heavy atom. The van der Waals surface area contributed by atoms with Crippen molar-refractivity contribution in [3.8, 4) is 0 Å². The van der Waals surface area contributed by atoms with Crippen molar-refractivity contribution >= 4 is 17.6 Å². The number of nitrogens with one attached hydrogen (secondary N) is 1. The molecule has 1 N–H and O–H groups in total. The summed E-state index contributed by atoms with van der Waals surface area (Å²) in [6.07, 6.45) is 1.000. The Bertz CT molecular complexity index is 773. The number of anilines is 1. The van der Waals surface area contributed by atoms with E-state index in [-0.39, 0.29) is 12.5 Å². The summed E-state index contributed by atoms with van der Waals surface area (Å²) < 4.78 is 0. The van der Waals surface area contributed by atoms with Gasteiger partial charge in [0.05, 0.1) is 6.54 Å². The third kappa shape index (κ3) is 4.04. The zero-order valence-corrected chi connectivity index (χ0v) is 15.5. The number of guanidine groups is 1. The molecule has 0 atom stereocenters. The third-order valence-electron chi connectivity index (χ3n) is 4.70. The van der Waals surface area contributed by atoms with E-state index in [9.17, 15) is 4.79 Å². The van der Waals surface area contributed by atoms with Crippen LogP contribution in [0.5, 0.6) is 0 Å². The molecule has 0 saturated heterocycles. The fraction of sp³-hybridized carbons (Fsp3) is 0.333. The maximum absolute atomic E-state index is 12.6. The first kappa shape index (κ1) is 18.0. The minimum atomic E-state index is 0.0741. The second-order valence-electron chi connectivity index (χ2n) is 6.32. The van der Waals surface area contributed by atoms with Crippen molar-refractivity contribution < 1.29 is 4.79 Å². The minimum absolute atomic E-state index is 0.0741. The predicted octanol–water partition coefficient (Wildman–Crippen LogP) is 2.67. The van der Waals surface area contributed by atoms with Crippen LogP contribution in [0.4, 0.5) is 5.69 Å². The molecule has 0 radical (unpaired) electrons. The summed E-state index contributed by atoms with van der Waals surface area (Å²) in [4.78, 5) is 21.0. The Labute approximate surface area is 155 Å². The fourth-order valence-corrected chi connectivity index (χ4v) is 3.30. The smallest absolute Gasteiger partial charge is 0.242 e.